The molecule has 0 heterocycles. The smallest absolute Gasteiger partial charge is 0.273 e. The molecule has 1 nitrogen and oxygen atoms in total. The number of halogens is 2. The Morgan fingerprint density at radius 2 is 2.06 bits per heavy atom. The van der Waals surface area contributed by atoms with Crippen LogP contribution in [0.15, 0.2) is 0 Å². The monoisotopic (exact) mass is 248 g/mol. The predicted molar refractivity (Wildman–Crippen MR) is 66.2 cm³/mol. The molecule has 0 aromatic heterocycles. The predicted octanol–water partition coefficient (Wildman–Crippen LogP) is 4.39. The van der Waals surface area contributed by atoms with E-state index in [1.54, 1.807) is 0 Å². The molecule has 0 radical (unpaired) electrons. The van der Waals surface area contributed by atoms with Crippen LogP contribution in [0.1, 0.15) is 65.2 Å². The van der Waals surface area contributed by atoms with Crippen LogP contribution in [-0.4, -0.2) is 17.1 Å². The Kier molecular flexibility index (Phi) is 5.84. The van der Waals surface area contributed by atoms with Gasteiger partial charge in [-0.1, -0.05) is 33.1 Å². The molecule has 0 bridgehead atoms. The molecular weight excluding hydrogens is 222 g/mol. The molecule has 17 heavy (non-hydrogen) atoms. The molecule has 3 unspecified atom stereocenters. The first kappa shape index (κ1) is 14.9. The zero-order chi connectivity index (χ0) is 12.9. The fraction of sp³-hybridized carbons (Fsp3) is 1.00. The Labute approximate surface area is 104 Å². The van der Waals surface area contributed by atoms with Gasteiger partial charge in [0.25, 0.3) is 5.92 Å². The minimum absolute atomic E-state index is 0.175. The second-order valence-corrected chi connectivity index (χ2v) is 5.74. The van der Waals surface area contributed by atoms with Crippen LogP contribution in [0.5, 0.6) is 0 Å². The molecule has 0 aliphatic heterocycles. The summed E-state index contributed by atoms with van der Waals surface area (Å²) in [4.78, 5) is 0. The SMILES string of the molecule is CCCCC(F)(F)C(O)CCC1CCC(C)C1. The van der Waals surface area contributed by atoms with Crippen LogP contribution in [0.3, 0.4) is 0 Å². The van der Waals surface area contributed by atoms with E-state index in [0.29, 0.717) is 12.3 Å². The van der Waals surface area contributed by atoms with Gasteiger partial charge in [-0.05, 0) is 37.5 Å². The highest BCUT2D eigenvalue weighted by Crippen LogP contribution is 2.35. The molecule has 0 aromatic carbocycles. The number of hydrogen-bond acceptors (Lipinski definition) is 1. The Bertz CT molecular complexity index is 218. The number of rotatable bonds is 7. The standard InChI is InChI=1S/C14H26F2O/c1-3-4-9-14(15,16)13(17)8-7-12-6-5-11(2)10-12/h11-13,17H,3-10H2,1-2H3. The highest BCUT2D eigenvalue weighted by atomic mass is 19.3. The summed E-state index contributed by atoms with van der Waals surface area (Å²) in [7, 11) is 0. The third kappa shape index (κ3) is 4.90. The lowest BCUT2D eigenvalue weighted by Gasteiger charge is -2.23. The number of hydrogen-bond donors (Lipinski definition) is 1. The number of aliphatic hydroxyl groups is 1. The van der Waals surface area contributed by atoms with Crippen molar-refractivity contribution >= 4 is 0 Å². The molecule has 3 heteroatoms. The van der Waals surface area contributed by atoms with Crippen LogP contribution < -0.4 is 0 Å². The molecule has 1 N–H and O–H groups in total. The fourth-order valence-corrected chi connectivity index (χ4v) is 2.77. The van der Waals surface area contributed by atoms with E-state index in [0.717, 1.165) is 31.6 Å². The maximum atomic E-state index is 13.5. The van der Waals surface area contributed by atoms with Crippen LogP contribution in [-0.2, 0) is 0 Å². The number of unbranched alkanes of at least 4 members (excludes halogenated alkanes) is 1. The third-order valence-corrected chi connectivity index (χ3v) is 4.00. The van der Waals surface area contributed by atoms with Gasteiger partial charge in [0.05, 0.1) is 0 Å². The van der Waals surface area contributed by atoms with E-state index in [-0.39, 0.29) is 12.8 Å². The lowest BCUT2D eigenvalue weighted by molar-refractivity contribution is -0.118. The maximum absolute atomic E-state index is 13.5. The summed E-state index contributed by atoms with van der Waals surface area (Å²) in [6.07, 6.45) is 4.15. The van der Waals surface area contributed by atoms with Gasteiger partial charge in [0.15, 0.2) is 0 Å². The van der Waals surface area contributed by atoms with Crippen LogP contribution in [0, 0.1) is 11.8 Å². The number of alkyl halides is 2. The molecule has 0 amide bonds. The normalized spacial score (nSPS) is 27.4. The van der Waals surface area contributed by atoms with Crippen molar-refractivity contribution < 1.29 is 13.9 Å². The Morgan fingerprint density at radius 1 is 1.35 bits per heavy atom. The summed E-state index contributed by atoms with van der Waals surface area (Å²) in [6, 6.07) is 0. The molecule has 0 aromatic rings. The van der Waals surface area contributed by atoms with Crippen molar-refractivity contribution in [1.29, 1.82) is 0 Å². The van der Waals surface area contributed by atoms with Crippen molar-refractivity contribution in [2.45, 2.75) is 77.2 Å². The topological polar surface area (TPSA) is 20.2 Å². The fourth-order valence-electron chi connectivity index (χ4n) is 2.77. The number of aliphatic hydroxyl groups excluding tert-OH is 1. The van der Waals surface area contributed by atoms with E-state index in [2.05, 4.69) is 6.92 Å². The van der Waals surface area contributed by atoms with E-state index in [9.17, 15) is 13.9 Å². The average Bonchev–Trinajstić information content (AvgIpc) is 2.69. The molecular formula is C14H26F2O. The lowest BCUT2D eigenvalue weighted by Crippen LogP contribution is -2.33. The van der Waals surface area contributed by atoms with E-state index in [1.165, 1.54) is 6.42 Å². The summed E-state index contributed by atoms with van der Waals surface area (Å²) < 4.78 is 27.0. The second kappa shape index (κ2) is 6.67. The van der Waals surface area contributed by atoms with E-state index in [1.807, 2.05) is 6.92 Å². The highest BCUT2D eigenvalue weighted by Gasteiger charge is 2.37. The van der Waals surface area contributed by atoms with Crippen molar-refractivity contribution in [3.8, 4) is 0 Å². The van der Waals surface area contributed by atoms with Crippen LogP contribution in [0.2, 0.25) is 0 Å². The van der Waals surface area contributed by atoms with Gasteiger partial charge in [0.2, 0.25) is 0 Å². The van der Waals surface area contributed by atoms with E-state index < -0.39 is 12.0 Å². The van der Waals surface area contributed by atoms with Gasteiger partial charge in [0, 0.05) is 6.42 Å². The summed E-state index contributed by atoms with van der Waals surface area (Å²) in [5.41, 5.74) is 0. The van der Waals surface area contributed by atoms with Gasteiger partial charge in [-0.2, -0.15) is 0 Å². The van der Waals surface area contributed by atoms with Gasteiger partial charge in [-0.3, -0.25) is 0 Å². The first-order chi connectivity index (χ1) is 7.95. The largest absolute Gasteiger partial charge is 0.387 e. The van der Waals surface area contributed by atoms with E-state index >= 15 is 0 Å². The highest BCUT2D eigenvalue weighted by molar-refractivity contribution is 4.79. The van der Waals surface area contributed by atoms with Gasteiger partial charge in [0.1, 0.15) is 6.10 Å². The molecule has 1 aliphatic carbocycles. The molecule has 0 saturated heterocycles. The zero-order valence-corrected chi connectivity index (χ0v) is 11.1. The Balaban J connectivity index is 2.25. The molecule has 3 atom stereocenters. The molecule has 102 valence electrons. The summed E-state index contributed by atoms with van der Waals surface area (Å²) in [5.74, 6) is -1.60. The third-order valence-electron chi connectivity index (χ3n) is 4.00. The molecule has 1 saturated carbocycles. The van der Waals surface area contributed by atoms with Gasteiger partial charge >= 0.3 is 0 Å². The first-order valence-electron chi connectivity index (χ1n) is 7.01. The Morgan fingerprint density at radius 3 is 2.59 bits per heavy atom. The minimum atomic E-state index is -2.89. The van der Waals surface area contributed by atoms with E-state index in [4.69, 9.17) is 0 Å². The minimum Gasteiger partial charge on any atom is -0.387 e. The molecule has 1 aliphatic rings. The summed E-state index contributed by atoms with van der Waals surface area (Å²) >= 11 is 0. The maximum Gasteiger partial charge on any atom is 0.273 e. The quantitative estimate of drug-likeness (QED) is 0.708. The van der Waals surface area contributed by atoms with Gasteiger partial charge in [-0.25, -0.2) is 8.78 Å². The van der Waals surface area contributed by atoms with Crippen molar-refractivity contribution in [2.24, 2.45) is 11.8 Å². The van der Waals surface area contributed by atoms with Crippen molar-refractivity contribution in [3.05, 3.63) is 0 Å². The average molecular weight is 248 g/mol. The van der Waals surface area contributed by atoms with Crippen molar-refractivity contribution in [1.82, 2.24) is 0 Å². The molecule has 1 fully saturated rings. The lowest BCUT2D eigenvalue weighted by atomic mass is 9.95. The molecule has 1 rings (SSSR count). The summed E-state index contributed by atoms with van der Waals surface area (Å²) in [5, 5.41) is 9.58. The molecule has 0 spiro atoms. The summed E-state index contributed by atoms with van der Waals surface area (Å²) in [6.45, 7) is 4.11. The van der Waals surface area contributed by atoms with Crippen LogP contribution in [0.4, 0.5) is 8.78 Å². The zero-order valence-electron chi connectivity index (χ0n) is 11.1. The second-order valence-electron chi connectivity index (χ2n) is 5.74. The van der Waals surface area contributed by atoms with Gasteiger partial charge in [-0.15, -0.1) is 0 Å². The van der Waals surface area contributed by atoms with Crippen LogP contribution in [0.25, 0.3) is 0 Å². The Hall–Kier alpha value is -0.180. The van der Waals surface area contributed by atoms with Crippen molar-refractivity contribution in [2.75, 3.05) is 0 Å². The van der Waals surface area contributed by atoms with Gasteiger partial charge < -0.3 is 5.11 Å². The van der Waals surface area contributed by atoms with Crippen LogP contribution >= 0.6 is 0 Å². The van der Waals surface area contributed by atoms with Crippen molar-refractivity contribution in [3.63, 3.8) is 0 Å². The first-order valence-corrected chi connectivity index (χ1v) is 7.01.